The molecule has 1 aliphatic rings. The minimum Gasteiger partial charge on any atom is -0.490 e. The summed E-state index contributed by atoms with van der Waals surface area (Å²) in [6.07, 6.45) is 2.72. The van der Waals surface area contributed by atoms with E-state index in [1.165, 1.54) is 0 Å². The van der Waals surface area contributed by atoms with Gasteiger partial charge in [-0.3, -0.25) is 9.52 Å². The summed E-state index contributed by atoms with van der Waals surface area (Å²) < 4.78 is 30.8. The molecule has 1 amide bonds. The van der Waals surface area contributed by atoms with Gasteiger partial charge >= 0.3 is 0 Å². The second-order valence-electron chi connectivity index (χ2n) is 5.93. The van der Waals surface area contributed by atoms with Gasteiger partial charge in [0, 0.05) is 12.6 Å². The summed E-state index contributed by atoms with van der Waals surface area (Å²) in [5.41, 5.74) is 0.327. The maximum absolute atomic E-state index is 12.6. The van der Waals surface area contributed by atoms with Gasteiger partial charge in [-0.05, 0) is 26.0 Å². The molecule has 1 heterocycles. The number of anilines is 2. The molecule has 0 bridgehead atoms. The van der Waals surface area contributed by atoms with Crippen molar-refractivity contribution in [1.82, 2.24) is 0 Å². The molecule has 1 aromatic rings. The summed E-state index contributed by atoms with van der Waals surface area (Å²) in [7, 11) is -3.37. The third-order valence-corrected chi connectivity index (χ3v) is 3.88. The van der Waals surface area contributed by atoms with Crippen molar-refractivity contribution in [2.75, 3.05) is 29.0 Å². The van der Waals surface area contributed by atoms with Crippen LogP contribution in [0.25, 0.3) is 0 Å². The van der Waals surface area contributed by atoms with Crippen LogP contribution in [-0.2, 0) is 14.8 Å². The predicted octanol–water partition coefficient (Wildman–Crippen LogP) is 2.00. The quantitative estimate of drug-likeness (QED) is 0.860. The fourth-order valence-electron chi connectivity index (χ4n) is 2.24. The lowest BCUT2D eigenvalue weighted by atomic mass is 9.93. The lowest BCUT2D eigenvalue weighted by Gasteiger charge is -2.27. The Bertz CT molecular complexity index is 710. The maximum atomic E-state index is 12.6. The van der Waals surface area contributed by atoms with Crippen molar-refractivity contribution >= 4 is 27.3 Å². The lowest BCUT2D eigenvalue weighted by molar-refractivity contribution is -0.127. The molecule has 0 fully saturated rings. The molecule has 22 heavy (non-hydrogen) atoms. The summed E-state index contributed by atoms with van der Waals surface area (Å²) in [5.74, 6) is 0.407. The third-order valence-electron chi connectivity index (χ3n) is 3.28. The van der Waals surface area contributed by atoms with E-state index in [9.17, 15) is 13.2 Å². The smallest absolute Gasteiger partial charge is 0.236 e. The summed E-state index contributed by atoms with van der Waals surface area (Å²) in [6, 6.07) is 4.86. The normalized spacial score (nSPS) is 17.2. The molecule has 0 unspecified atom stereocenters. The van der Waals surface area contributed by atoms with Gasteiger partial charge < -0.3 is 9.64 Å². The Balaban J connectivity index is 2.48. The van der Waals surface area contributed by atoms with Gasteiger partial charge in [-0.2, -0.15) is 0 Å². The fourth-order valence-corrected chi connectivity index (χ4v) is 2.79. The zero-order chi connectivity index (χ0) is 16.5. The van der Waals surface area contributed by atoms with Gasteiger partial charge in [0.05, 0.1) is 23.0 Å². The Morgan fingerprint density at radius 3 is 2.73 bits per heavy atom. The van der Waals surface area contributed by atoms with Gasteiger partial charge in [0.25, 0.3) is 0 Å². The molecular formula is C15H20N2O4S. The summed E-state index contributed by atoms with van der Waals surface area (Å²) >= 11 is 0. The number of benzene rings is 1. The molecule has 0 spiro atoms. The van der Waals surface area contributed by atoms with Crippen LogP contribution in [0.1, 0.15) is 13.8 Å². The number of fused-ring (bicyclic) bond motifs is 1. The van der Waals surface area contributed by atoms with Gasteiger partial charge in [0.1, 0.15) is 12.4 Å². The average Bonchev–Trinajstić information content (AvgIpc) is 2.48. The Morgan fingerprint density at radius 1 is 1.45 bits per heavy atom. The maximum Gasteiger partial charge on any atom is 0.236 e. The number of amides is 1. The molecule has 0 radical (unpaired) electrons. The van der Waals surface area contributed by atoms with Crippen LogP contribution in [0, 0.1) is 5.41 Å². The van der Waals surface area contributed by atoms with Gasteiger partial charge in [0.2, 0.25) is 15.9 Å². The van der Waals surface area contributed by atoms with E-state index in [-0.39, 0.29) is 12.5 Å². The number of sulfonamides is 1. The zero-order valence-electron chi connectivity index (χ0n) is 12.9. The van der Waals surface area contributed by atoms with E-state index < -0.39 is 15.4 Å². The molecule has 0 saturated heterocycles. The number of hydrogen-bond acceptors (Lipinski definition) is 4. The van der Waals surface area contributed by atoms with Crippen molar-refractivity contribution in [3.8, 4) is 5.75 Å². The molecule has 1 N–H and O–H groups in total. The van der Waals surface area contributed by atoms with E-state index in [0.29, 0.717) is 23.7 Å². The molecule has 2 rings (SSSR count). The number of rotatable bonds is 4. The van der Waals surface area contributed by atoms with Gasteiger partial charge in [-0.15, -0.1) is 6.58 Å². The molecule has 0 aromatic heterocycles. The van der Waals surface area contributed by atoms with Crippen LogP contribution < -0.4 is 14.4 Å². The number of nitrogens with one attached hydrogen (secondary N) is 1. The van der Waals surface area contributed by atoms with E-state index in [2.05, 4.69) is 11.3 Å². The molecule has 6 nitrogen and oxygen atoms in total. The zero-order valence-corrected chi connectivity index (χ0v) is 13.7. The number of carbonyl (C=O) groups excluding carboxylic acids is 1. The summed E-state index contributed by atoms with van der Waals surface area (Å²) in [4.78, 5) is 14.2. The van der Waals surface area contributed by atoms with Crippen molar-refractivity contribution in [1.29, 1.82) is 0 Å². The third kappa shape index (κ3) is 3.41. The highest BCUT2D eigenvalue weighted by molar-refractivity contribution is 7.92. The standard InChI is InChI=1S/C15H20N2O4S/c1-5-8-17-12-7-6-11(16-22(4,19)20)9-13(12)21-10-15(2,3)14(17)18/h5-7,9,16H,1,8,10H2,2-4H3. The molecule has 1 aliphatic heterocycles. The van der Waals surface area contributed by atoms with E-state index in [1.54, 1.807) is 29.2 Å². The van der Waals surface area contributed by atoms with Gasteiger partial charge in [-0.1, -0.05) is 6.08 Å². The Kier molecular flexibility index (Phi) is 4.19. The van der Waals surface area contributed by atoms with E-state index >= 15 is 0 Å². The first-order valence-corrected chi connectivity index (χ1v) is 8.71. The molecule has 0 aliphatic carbocycles. The Hall–Kier alpha value is -2.02. The highest BCUT2D eigenvalue weighted by atomic mass is 32.2. The van der Waals surface area contributed by atoms with Crippen molar-refractivity contribution in [3.05, 3.63) is 30.9 Å². The van der Waals surface area contributed by atoms with Crippen LogP contribution in [-0.4, -0.2) is 33.7 Å². The minimum atomic E-state index is -3.37. The second kappa shape index (κ2) is 5.64. The SMILES string of the molecule is C=CCN1C(=O)C(C)(C)COc2cc(NS(C)(=O)=O)ccc21. The van der Waals surface area contributed by atoms with Crippen LogP contribution in [0.3, 0.4) is 0 Å². The Morgan fingerprint density at radius 2 is 2.14 bits per heavy atom. The van der Waals surface area contributed by atoms with Crippen LogP contribution in [0.4, 0.5) is 11.4 Å². The summed E-state index contributed by atoms with van der Waals surface area (Å²) in [6.45, 7) is 7.88. The van der Waals surface area contributed by atoms with Crippen LogP contribution in [0.5, 0.6) is 5.75 Å². The number of ether oxygens (including phenoxy) is 1. The van der Waals surface area contributed by atoms with Crippen molar-refractivity contribution in [2.24, 2.45) is 5.41 Å². The molecule has 0 saturated carbocycles. The Labute approximate surface area is 130 Å². The number of nitrogens with zero attached hydrogens (tertiary/aromatic N) is 1. The highest BCUT2D eigenvalue weighted by Crippen LogP contribution is 2.38. The summed E-state index contributed by atoms with van der Waals surface area (Å²) in [5, 5.41) is 0. The first kappa shape index (κ1) is 16.4. The number of hydrogen-bond donors (Lipinski definition) is 1. The van der Waals surface area contributed by atoms with Crippen molar-refractivity contribution in [3.63, 3.8) is 0 Å². The van der Waals surface area contributed by atoms with Crippen LogP contribution in [0.15, 0.2) is 30.9 Å². The molecular weight excluding hydrogens is 304 g/mol. The van der Waals surface area contributed by atoms with Crippen LogP contribution in [0.2, 0.25) is 0 Å². The molecule has 0 atom stereocenters. The van der Waals surface area contributed by atoms with Crippen molar-refractivity contribution < 1.29 is 17.9 Å². The van der Waals surface area contributed by atoms with Gasteiger partial charge in [-0.25, -0.2) is 8.42 Å². The second-order valence-corrected chi connectivity index (χ2v) is 7.68. The molecule has 120 valence electrons. The largest absolute Gasteiger partial charge is 0.490 e. The average molecular weight is 324 g/mol. The topological polar surface area (TPSA) is 75.7 Å². The first-order chi connectivity index (χ1) is 10.1. The molecule has 7 heteroatoms. The van der Waals surface area contributed by atoms with E-state index in [0.717, 1.165) is 6.26 Å². The van der Waals surface area contributed by atoms with Gasteiger partial charge in [0.15, 0.2) is 0 Å². The lowest BCUT2D eigenvalue weighted by Crippen LogP contribution is -2.42. The highest BCUT2D eigenvalue weighted by Gasteiger charge is 2.37. The van der Waals surface area contributed by atoms with E-state index in [4.69, 9.17) is 4.74 Å². The van der Waals surface area contributed by atoms with E-state index in [1.807, 2.05) is 13.8 Å². The minimum absolute atomic E-state index is 0.0602. The number of carbonyl (C=O) groups is 1. The first-order valence-electron chi connectivity index (χ1n) is 6.81. The molecule has 1 aromatic carbocycles. The monoisotopic (exact) mass is 324 g/mol. The van der Waals surface area contributed by atoms with Crippen LogP contribution >= 0.6 is 0 Å². The predicted molar refractivity (Wildman–Crippen MR) is 86.7 cm³/mol. The fraction of sp³-hybridized carbons (Fsp3) is 0.400. The van der Waals surface area contributed by atoms with Crippen molar-refractivity contribution in [2.45, 2.75) is 13.8 Å².